The monoisotopic (exact) mass is 355 g/mol. The summed E-state index contributed by atoms with van der Waals surface area (Å²) in [5.41, 5.74) is 7.96. The molecule has 1 aromatic carbocycles. The molecular formula is C20H25N3O3. The standard InChI is InChI=1S/C20H25N3O3/c1-11-12(2)25-18(23-11)17(26-19(21)24)16(20(3,4)5)14-10-22-15-9-7-6-8-13(14)15/h6-10,16-17,22H,1-5H3,(H2,21,24)/t16?,17-/m1/s1. The molecule has 0 aliphatic carbocycles. The highest BCUT2D eigenvalue weighted by Gasteiger charge is 2.41. The van der Waals surface area contributed by atoms with Crippen molar-refractivity contribution < 1.29 is 13.9 Å². The largest absolute Gasteiger partial charge is 0.442 e. The minimum Gasteiger partial charge on any atom is -0.442 e. The zero-order valence-electron chi connectivity index (χ0n) is 15.8. The molecule has 2 heterocycles. The SMILES string of the molecule is Cc1nc([C@H](OC(N)=O)C(c2c[nH]c3ccccc23)C(C)(C)C)oc1C. The number of primary amides is 1. The third kappa shape index (κ3) is 3.31. The number of benzene rings is 1. The van der Waals surface area contributed by atoms with E-state index < -0.39 is 12.2 Å². The number of hydrogen-bond donors (Lipinski definition) is 2. The summed E-state index contributed by atoms with van der Waals surface area (Å²) in [6.07, 6.45) is 0.386. The third-order valence-corrected chi connectivity index (χ3v) is 4.72. The first-order chi connectivity index (χ1) is 12.2. The summed E-state index contributed by atoms with van der Waals surface area (Å²) >= 11 is 0. The molecule has 0 saturated carbocycles. The van der Waals surface area contributed by atoms with Crippen LogP contribution in [0.1, 0.15) is 55.7 Å². The molecule has 2 aromatic heterocycles. The molecule has 1 unspecified atom stereocenters. The van der Waals surface area contributed by atoms with Gasteiger partial charge in [-0.2, -0.15) is 0 Å². The zero-order valence-corrected chi connectivity index (χ0v) is 15.8. The summed E-state index contributed by atoms with van der Waals surface area (Å²) in [6.45, 7) is 9.99. The molecule has 0 spiro atoms. The predicted molar refractivity (Wildman–Crippen MR) is 99.9 cm³/mol. The first-order valence-corrected chi connectivity index (χ1v) is 8.64. The molecular weight excluding hydrogens is 330 g/mol. The van der Waals surface area contributed by atoms with Gasteiger partial charge in [-0.1, -0.05) is 39.0 Å². The molecule has 0 radical (unpaired) electrons. The highest BCUT2D eigenvalue weighted by atomic mass is 16.6. The summed E-state index contributed by atoms with van der Waals surface area (Å²) in [6, 6.07) is 8.03. The second-order valence-electron chi connectivity index (χ2n) is 7.68. The number of aromatic nitrogens is 2. The Kier molecular flexibility index (Phi) is 4.52. The van der Waals surface area contributed by atoms with Gasteiger partial charge in [0.2, 0.25) is 5.89 Å². The van der Waals surface area contributed by atoms with Crippen LogP contribution in [0.3, 0.4) is 0 Å². The van der Waals surface area contributed by atoms with E-state index in [1.54, 1.807) is 0 Å². The van der Waals surface area contributed by atoms with Crippen LogP contribution in [0.4, 0.5) is 4.79 Å². The molecule has 1 amide bonds. The van der Waals surface area contributed by atoms with Crippen LogP contribution >= 0.6 is 0 Å². The number of carbonyl (C=O) groups excluding carboxylic acids is 1. The molecule has 3 aromatic rings. The van der Waals surface area contributed by atoms with Crippen LogP contribution in [0.2, 0.25) is 0 Å². The van der Waals surface area contributed by atoms with E-state index in [1.807, 2.05) is 44.3 Å². The van der Waals surface area contributed by atoms with Gasteiger partial charge in [0.25, 0.3) is 0 Å². The van der Waals surface area contributed by atoms with Crippen molar-refractivity contribution in [3.8, 4) is 0 Å². The fourth-order valence-electron chi connectivity index (χ4n) is 3.44. The first kappa shape index (κ1) is 18.0. The highest BCUT2D eigenvalue weighted by Crippen LogP contribution is 2.48. The average molecular weight is 355 g/mol. The number of fused-ring (bicyclic) bond motifs is 1. The van der Waals surface area contributed by atoms with Crippen LogP contribution in [0.25, 0.3) is 10.9 Å². The van der Waals surface area contributed by atoms with Crippen molar-refractivity contribution in [3.05, 3.63) is 53.4 Å². The molecule has 3 N–H and O–H groups in total. The van der Waals surface area contributed by atoms with Gasteiger partial charge < -0.3 is 19.9 Å². The van der Waals surface area contributed by atoms with Gasteiger partial charge in [0, 0.05) is 23.0 Å². The maximum atomic E-state index is 11.7. The average Bonchev–Trinajstić information content (AvgIpc) is 3.10. The summed E-state index contributed by atoms with van der Waals surface area (Å²) in [4.78, 5) is 19.4. The molecule has 2 atom stereocenters. The third-order valence-electron chi connectivity index (χ3n) is 4.72. The molecule has 138 valence electrons. The van der Waals surface area contributed by atoms with Crippen molar-refractivity contribution in [1.82, 2.24) is 9.97 Å². The van der Waals surface area contributed by atoms with Gasteiger partial charge in [-0.25, -0.2) is 9.78 Å². The van der Waals surface area contributed by atoms with Gasteiger partial charge >= 0.3 is 6.09 Å². The van der Waals surface area contributed by atoms with Gasteiger partial charge in [-0.15, -0.1) is 0 Å². The molecule has 0 saturated heterocycles. The normalized spacial score (nSPS) is 14.3. The van der Waals surface area contributed by atoms with Crippen LogP contribution in [-0.2, 0) is 4.74 Å². The van der Waals surface area contributed by atoms with E-state index in [9.17, 15) is 4.79 Å². The zero-order chi connectivity index (χ0) is 19.1. The molecule has 0 aliphatic rings. The second kappa shape index (κ2) is 6.52. The van der Waals surface area contributed by atoms with Crippen LogP contribution in [0, 0.1) is 19.3 Å². The minimum absolute atomic E-state index is 0.205. The lowest BCUT2D eigenvalue weighted by Crippen LogP contribution is -2.30. The number of ether oxygens (including phenoxy) is 1. The van der Waals surface area contributed by atoms with Gasteiger partial charge in [-0.05, 0) is 30.9 Å². The van der Waals surface area contributed by atoms with Crippen LogP contribution in [0.15, 0.2) is 34.9 Å². The molecule has 6 heteroatoms. The van der Waals surface area contributed by atoms with E-state index in [0.717, 1.165) is 22.2 Å². The van der Waals surface area contributed by atoms with Gasteiger partial charge in [-0.3, -0.25) is 0 Å². The molecule has 26 heavy (non-hydrogen) atoms. The van der Waals surface area contributed by atoms with Crippen molar-refractivity contribution in [2.45, 2.75) is 46.6 Å². The molecule has 0 bridgehead atoms. The highest BCUT2D eigenvalue weighted by molar-refractivity contribution is 5.84. The van der Waals surface area contributed by atoms with E-state index in [1.165, 1.54) is 0 Å². The van der Waals surface area contributed by atoms with Crippen LogP contribution in [-0.4, -0.2) is 16.1 Å². The fraction of sp³-hybridized carbons (Fsp3) is 0.400. The number of hydrogen-bond acceptors (Lipinski definition) is 4. The lowest BCUT2D eigenvalue weighted by Gasteiger charge is -2.35. The van der Waals surface area contributed by atoms with Gasteiger partial charge in [0.05, 0.1) is 5.69 Å². The number of nitrogens with zero attached hydrogens (tertiary/aromatic N) is 1. The van der Waals surface area contributed by atoms with Crippen LogP contribution in [0.5, 0.6) is 0 Å². The molecule has 3 rings (SSSR count). The Morgan fingerprint density at radius 3 is 2.54 bits per heavy atom. The maximum absolute atomic E-state index is 11.7. The van der Waals surface area contributed by atoms with Gasteiger partial charge in [0.15, 0.2) is 6.10 Å². The number of amides is 1. The number of aromatic amines is 1. The topological polar surface area (TPSA) is 94.1 Å². The quantitative estimate of drug-likeness (QED) is 0.707. The lowest BCUT2D eigenvalue weighted by molar-refractivity contribution is 0.0407. The lowest BCUT2D eigenvalue weighted by atomic mass is 9.73. The Balaban J connectivity index is 2.19. The van der Waals surface area contributed by atoms with E-state index in [2.05, 4.69) is 30.7 Å². The second-order valence-corrected chi connectivity index (χ2v) is 7.68. The Morgan fingerprint density at radius 1 is 1.27 bits per heavy atom. The number of oxazole rings is 1. The number of nitrogens with two attached hydrogens (primary N) is 1. The predicted octanol–water partition coefficient (Wildman–Crippen LogP) is 4.74. The van der Waals surface area contributed by atoms with Crippen molar-refractivity contribution in [3.63, 3.8) is 0 Å². The summed E-state index contributed by atoms with van der Waals surface area (Å²) in [5.74, 6) is 0.859. The Bertz CT molecular complexity index is 914. The maximum Gasteiger partial charge on any atom is 0.405 e. The number of H-pyrrole nitrogens is 1. The number of para-hydroxylation sites is 1. The molecule has 0 aliphatic heterocycles. The van der Waals surface area contributed by atoms with Crippen LogP contribution < -0.4 is 5.73 Å². The Labute approximate surface area is 152 Å². The van der Waals surface area contributed by atoms with E-state index >= 15 is 0 Å². The van der Waals surface area contributed by atoms with Crippen molar-refractivity contribution in [2.24, 2.45) is 11.1 Å². The number of aryl methyl sites for hydroxylation is 2. The Morgan fingerprint density at radius 2 is 1.96 bits per heavy atom. The summed E-state index contributed by atoms with van der Waals surface area (Å²) in [7, 11) is 0. The van der Waals surface area contributed by atoms with E-state index in [4.69, 9.17) is 14.9 Å². The molecule has 0 fully saturated rings. The number of carbonyl (C=O) groups is 1. The van der Waals surface area contributed by atoms with Gasteiger partial charge in [0.1, 0.15) is 5.76 Å². The van der Waals surface area contributed by atoms with Crippen molar-refractivity contribution in [2.75, 3.05) is 0 Å². The minimum atomic E-state index is -0.849. The summed E-state index contributed by atoms with van der Waals surface area (Å²) < 4.78 is 11.3. The summed E-state index contributed by atoms with van der Waals surface area (Å²) in [5, 5.41) is 1.07. The number of nitrogens with one attached hydrogen (secondary N) is 1. The first-order valence-electron chi connectivity index (χ1n) is 8.64. The van der Waals surface area contributed by atoms with E-state index in [0.29, 0.717) is 11.7 Å². The molecule has 6 nitrogen and oxygen atoms in total. The Hall–Kier alpha value is -2.76. The van der Waals surface area contributed by atoms with Crippen molar-refractivity contribution in [1.29, 1.82) is 0 Å². The smallest absolute Gasteiger partial charge is 0.405 e. The van der Waals surface area contributed by atoms with E-state index in [-0.39, 0.29) is 11.3 Å². The fourth-order valence-corrected chi connectivity index (χ4v) is 3.44. The number of rotatable bonds is 4. The van der Waals surface area contributed by atoms with Crippen molar-refractivity contribution >= 4 is 17.0 Å².